The molecule has 3 unspecified atom stereocenters. The standard InChI is InChI=1S/C31H37F3N2O4/c1-35(28(37)12-11-22-5-3-8-27(17-22)40-31(32,33)34)25-13-14-30(38)21-36(20-23-9-10-23)16-15-29(30,19-25)24-6-4-7-26(18-24)39-2/h3-8,11-12,17-18,23,25,38H,9-10,13-16,19-21H2,1-2H3/b12-11+. The molecular formula is C31H37F3N2O4. The number of piperidine rings is 1. The first kappa shape index (κ1) is 28.5. The molecule has 1 N–H and O–H groups in total. The Morgan fingerprint density at radius 1 is 1.12 bits per heavy atom. The van der Waals surface area contributed by atoms with E-state index in [9.17, 15) is 23.1 Å². The Morgan fingerprint density at radius 3 is 2.60 bits per heavy atom. The van der Waals surface area contributed by atoms with Crippen molar-refractivity contribution >= 4 is 12.0 Å². The fraction of sp³-hybridized carbons (Fsp3) is 0.516. The topological polar surface area (TPSA) is 62.2 Å². The molecule has 0 aromatic heterocycles. The number of fused-ring (bicyclic) bond motifs is 1. The highest BCUT2D eigenvalue weighted by molar-refractivity contribution is 5.91. The zero-order chi connectivity index (χ0) is 28.5. The number of alkyl halides is 3. The Labute approximate surface area is 233 Å². The van der Waals surface area contributed by atoms with Gasteiger partial charge in [0.15, 0.2) is 0 Å². The molecule has 1 amide bonds. The molecule has 0 bridgehead atoms. The lowest BCUT2D eigenvalue weighted by atomic mass is 9.55. The lowest BCUT2D eigenvalue weighted by Crippen LogP contribution is -2.67. The molecule has 216 valence electrons. The maximum atomic E-state index is 13.2. The number of benzene rings is 2. The molecule has 6 nitrogen and oxygen atoms in total. The second-order valence-corrected chi connectivity index (χ2v) is 11.6. The molecule has 0 radical (unpaired) electrons. The predicted octanol–water partition coefficient (Wildman–Crippen LogP) is 5.40. The minimum atomic E-state index is -4.78. The average Bonchev–Trinajstić information content (AvgIpc) is 3.74. The number of likely N-dealkylation sites (tertiary alicyclic amines) is 1. The van der Waals surface area contributed by atoms with Gasteiger partial charge in [-0.25, -0.2) is 0 Å². The predicted molar refractivity (Wildman–Crippen MR) is 146 cm³/mol. The van der Waals surface area contributed by atoms with Gasteiger partial charge in [0.25, 0.3) is 0 Å². The van der Waals surface area contributed by atoms with Crippen LogP contribution in [0.3, 0.4) is 0 Å². The van der Waals surface area contributed by atoms with Crippen LogP contribution in [0.5, 0.6) is 11.5 Å². The van der Waals surface area contributed by atoms with E-state index >= 15 is 0 Å². The van der Waals surface area contributed by atoms with Gasteiger partial charge in [-0.3, -0.25) is 4.79 Å². The van der Waals surface area contributed by atoms with Crippen LogP contribution in [0.1, 0.15) is 49.7 Å². The number of β-amino-alcohol motifs (C(OH)–C–C–N with tert-alkyl or cyclic N) is 1. The summed E-state index contributed by atoms with van der Waals surface area (Å²) in [4.78, 5) is 17.3. The highest BCUT2D eigenvalue weighted by Crippen LogP contribution is 2.53. The largest absolute Gasteiger partial charge is 0.573 e. The monoisotopic (exact) mass is 558 g/mol. The van der Waals surface area contributed by atoms with E-state index in [1.165, 1.54) is 43.2 Å². The van der Waals surface area contributed by atoms with Crippen LogP contribution in [0, 0.1) is 5.92 Å². The molecule has 2 aromatic rings. The molecule has 5 rings (SSSR count). The third kappa shape index (κ3) is 6.15. The summed E-state index contributed by atoms with van der Waals surface area (Å²) in [6.07, 6.45) is 3.23. The van der Waals surface area contributed by atoms with Gasteiger partial charge in [0.2, 0.25) is 5.91 Å². The van der Waals surface area contributed by atoms with E-state index in [4.69, 9.17) is 4.74 Å². The van der Waals surface area contributed by atoms with Crippen LogP contribution in [-0.2, 0) is 10.2 Å². The van der Waals surface area contributed by atoms with E-state index in [0.29, 0.717) is 31.4 Å². The van der Waals surface area contributed by atoms with Crippen LogP contribution in [0.4, 0.5) is 13.2 Å². The summed E-state index contributed by atoms with van der Waals surface area (Å²) in [7, 11) is 3.39. The SMILES string of the molecule is COc1cccc(C23CCN(CC4CC4)CC2(O)CCC(N(C)C(=O)/C=C/c2cccc(OC(F)(F)F)c2)C3)c1. The van der Waals surface area contributed by atoms with Crippen LogP contribution in [0.15, 0.2) is 54.6 Å². The maximum Gasteiger partial charge on any atom is 0.573 e. The van der Waals surface area contributed by atoms with Gasteiger partial charge in [0.05, 0.1) is 12.7 Å². The van der Waals surface area contributed by atoms with Gasteiger partial charge in [0, 0.05) is 37.7 Å². The number of halogens is 3. The van der Waals surface area contributed by atoms with Crippen LogP contribution < -0.4 is 9.47 Å². The van der Waals surface area contributed by atoms with Crippen molar-refractivity contribution in [2.75, 3.05) is 33.8 Å². The number of carbonyl (C=O) groups is 1. The highest BCUT2D eigenvalue weighted by Gasteiger charge is 2.58. The van der Waals surface area contributed by atoms with Crippen molar-refractivity contribution in [2.24, 2.45) is 5.92 Å². The third-order valence-corrected chi connectivity index (χ3v) is 8.95. The number of hydrogen-bond acceptors (Lipinski definition) is 5. The van der Waals surface area contributed by atoms with Gasteiger partial charge in [-0.1, -0.05) is 24.3 Å². The Hall–Kier alpha value is -3.04. The highest BCUT2D eigenvalue weighted by atomic mass is 19.4. The molecule has 2 aliphatic carbocycles. The Morgan fingerprint density at radius 2 is 1.88 bits per heavy atom. The Balaban J connectivity index is 1.35. The number of ether oxygens (including phenoxy) is 2. The fourth-order valence-corrected chi connectivity index (χ4v) is 6.59. The number of methoxy groups -OCH3 is 1. The molecular weight excluding hydrogens is 521 g/mol. The van der Waals surface area contributed by atoms with Gasteiger partial charge < -0.3 is 24.4 Å². The fourth-order valence-electron chi connectivity index (χ4n) is 6.59. The number of carbonyl (C=O) groups excluding carboxylic acids is 1. The van der Waals surface area contributed by atoms with E-state index in [-0.39, 0.29) is 17.7 Å². The molecule has 40 heavy (non-hydrogen) atoms. The van der Waals surface area contributed by atoms with E-state index in [2.05, 4.69) is 15.7 Å². The lowest BCUT2D eigenvalue weighted by Gasteiger charge is -2.59. The van der Waals surface area contributed by atoms with Gasteiger partial charge in [-0.05, 0) is 92.5 Å². The molecule has 3 fully saturated rings. The number of likely N-dealkylation sites (N-methyl/N-ethyl adjacent to an activating group) is 1. The molecule has 1 saturated heterocycles. The minimum Gasteiger partial charge on any atom is -0.497 e. The molecule has 3 aliphatic rings. The number of rotatable bonds is 8. The van der Waals surface area contributed by atoms with Gasteiger partial charge in [-0.15, -0.1) is 13.2 Å². The normalized spacial score (nSPS) is 27.3. The molecule has 0 spiro atoms. The van der Waals surface area contributed by atoms with Crippen molar-refractivity contribution in [1.29, 1.82) is 0 Å². The van der Waals surface area contributed by atoms with Crippen LogP contribution in [0.25, 0.3) is 6.08 Å². The van der Waals surface area contributed by atoms with Crippen LogP contribution in [-0.4, -0.2) is 72.6 Å². The third-order valence-electron chi connectivity index (χ3n) is 8.95. The first-order chi connectivity index (χ1) is 19.0. The summed E-state index contributed by atoms with van der Waals surface area (Å²) >= 11 is 0. The second-order valence-electron chi connectivity index (χ2n) is 11.6. The number of hydrogen-bond donors (Lipinski definition) is 1. The summed E-state index contributed by atoms with van der Waals surface area (Å²) in [6.45, 7) is 2.52. The zero-order valence-corrected chi connectivity index (χ0v) is 23.0. The van der Waals surface area contributed by atoms with Crippen molar-refractivity contribution in [1.82, 2.24) is 9.80 Å². The number of aliphatic hydroxyl groups is 1. The molecule has 2 aromatic carbocycles. The summed E-state index contributed by atoms with van der Waals surface area (Å²) in [5, 5.41) is 12.3. The zero-order valence-electron chi connectivity index (χ0n) is 23.0. The van der Waals surface area contributed by atoms with Crippen molar-refractivity contribution in [2.45, 2.75) is 61.9 Å². The number of amides is 1. The van der Waals surface area contributed by atoms with Crippen molar-refractivity contribution in [3.05, 3.63) is 65.7 Å². The van der Waals surface area contributed by atoms with Crippen molar-refractivity contribution < 1.29 is 32.5 Å². The smallest absolute Gasteiger partial charge is 0.497 e. The quantitative estimate of drug-likeness (QED) is 0.440. The molecule has 9 heteroatoms. The number of nitrogens with zero attached hydrogens (tertiary/aromatic N) is 2. The first-order valence-corrected chi connectivity index (χ1v) is 13.9. The van der Waals surface area contributed by atoms with E-state index < -0.39 is 17.4 Å². The lowest BCUT2D eigenvalue weighted by molar-refractivity contribution is -0.274. The van der Waals surface area contributed by atoms with Crippen molar-refractivity contribution in [3.63, 3.8) is 0 Å². The summed E-state index contributed by atoms with van der Waals surface area (Å²) < 4.78 is 47.3. The van der Waals surface area contributed by atoms with E-state index in [1.54, 1.807) is 25.1 Å². The van der Waals surface area contributed by atoms with Gasteiger partial charge >= 0.3 is 6.36 Å². The molecule has 1 aliphatic heterocycles. The second kappa shape index (κ2) is 11.1. The Kier molecular flexibility index (Phi) is 7.90. The van der Waals surface area contributed by atoms with Crippen LogP contribution in [0.2, 0.25) is 0 Å². The summed E-state index contributed by atoms with van der Waals surface area (Å²) in [6, 6.07) is 13.3. The molecule has 1 heterocycles. The average molecular weight is 559 g/mol. The maximum absolute atomic E-state index is 13.2. The molecule has 3 atom stereocenters. The van der Waals surface area contributed by atoms with E-state index in [0.717, 1.165) is 36.7 Å². The summed E-state index contributed by atoms with van der Waals surface area (Å²) in [5.74, 6) is 0.890. The summed E-state index contributed by atoms with van der Waals surface area (Å²) in [5.41, 5.74) is -0.00590. The Bertz CT molecular complexity index is 1250. The van der Waals surface area contributed by atoms with Crippen LogP contribution >= 0.6 is 0 Å². The van der Waals surface area contributed by atoms with Crippen molar-refractivity contribution in [3.8, 4) is 11.5 Å². The first-order valence-electron chi connectivity index (χ1n) is 13.9. The molecule has 2 saturated carbocycles. The van der Waals surface area contributed by atoms with E-state index in [1.807, 2.05) is 18.2 Å². The van der Waals surface area contributed by atoms with Gasteiger partial charge in [0.1, 0.15) is 11.5 Å². The van der Waals surface area contributed by atoms with Gasteiger partial charge in [-0.2, -0.15) is 0 Å². The minimum absolute atomic E-state index is 0.112.